The quantitative estimate of drug-likeness (QED) is 0.397. The second-order valence-electron chi connectivity index (χ2n) is 6.39. The van der Waals surface area contributed by atoms with Gasteiger partial charge in [-0.1, -0.05) is 29.5 Å². The Balaban J connectivity index is 1.47. The van der Waals surface area contributed by atoms with Gasteiger partial charge in [-0.05, 0) is 49.7 Å². The molecule has 0 aliphatic rings. The van der Waals surface area contributed by atoms with Crippen LogP contribution in [0.25, 0.3) is 0 Å². The van der Waals surface area contributed by atoms with Gasteiger partial charge in [0.25, 0.3) is 0 Å². The van der Waals surface area contributed by atoms with Crippen LogP contribution in [-0.4, -0.2) is 34.2 Å². The van der Waals surface area contributed by atoms with E-state index in [0.29, 0.717) is 13.2 Å². The van der Waals surface area contributed by atoms with Gasteiger partial charge in [-0.3, -0.25) is 0 Å². The molecule has 28 heavy (non-hydrogen) atoms. The SMILES string of the molecule is COc1ccc(OCCSc2nnc(COc3ccc(C)cc3C)n2C)cc1. The number of rotatable bonds is 9. The standard InChI is InChI=1S/C21H25N3O3S/c1-15-5-10-19(16(2)13-15)27-14-20-22-23-21(24(20)3)28-12-11-26-18-8-6-17(25-4)7-9-18/h5-10,13H,11-12,14H2,1-4H3. The van der Waals surface area contributed by atoms with Gasteiger partial charge in [-0.2, -0.15) is 0 Å². The number of hydrogen-bond acceptors (Lipinski definition) is 6. The fraction of sp³-hybridized carbons (Fsp3) is 0.333. The number of nitrogens with zero attached hydrogens (tertiary/aromatic N) is 3. The van der Waals surface area contributed by atoms with Crippen molar-refractivity contribution >= 4 is 11.8 Å². The summed E-state index contributed by atoms with van der Waals surface area (Å²) in [5.41, 5.74) is 2.34. The molecule has 0 N–H and O–H groups in total. The Morgan fingerprint density at radius 3 is 2.43 bits per heavy atom. The van der Waals surface area contributed by atoms with Crippen LogP contribution in [0.4, 0.5) is 0 Å². The average Bonchev–Trinajstić information content (AvgIpc) is 3.05. The minimum atomic E-state index is 0.385. The van der Waals surface area contributed by atoms with Crippen LogP contribution >= 0.6 is 11.8 Å². The Morgan fingerprint density at radius 1 is 0.964 bits per heavy atom. The Morgan fingerprint density at radius 2 is 1.71 bits per heavy atom. The summed E-state index contributed by atoms with van der Waals surface area (Å²) >= 11 is 1.61. The summed E-state index contributed by atoms with van der Waals surface area (Å²) in [5, 5.41) is 9.35. The molecule has 148 valence electrons. The van der Waals surface area contributed by atoms with Crippen molar-refractivity contribution in [2.45, 2.75) is 25.6 Å². The van der Waals surface area contributed by atoms with E-state index < -0.39 is 0 Å². The molecule has 0 aliphatic carbocycles. The Hall–Kier alpha value is -2.67. The molecule has 3 rings (SSSR count). The summed E-state index contributed by atoms with van der Waals surface area (Å²) in [6, 6.07) is 13.7. The fourth-order valence-corrected chi connectivity index (χ4v) is 3.41. The highest BCUT2D eigenvalue weighted by Gasteiger charge is 2.10. The molecule has 1 aromatic heterocycles. The van der Waals surface area contributed by atoms with Crippen LogP contribution in [0.2, 0.25) is 0 Å². The van der Waals surface area contributed by atoms with Gasteiger partial charge in [0.05, 0.1) is 13.7 Å². The number of aryl methyl sites for hydroxylation is 2. The van der Waals surface area contributed by atoms with E-state index >= 15 is 0 Å². The Bertz CT molecular complexity index is 910. The lowest BCUT2D eigenvalue weighted by Crippen LogP contribution is -2.06. The van der Waals surface area contributed by atoms with Crippen molar-refractivity contribution in [3.05, 3.63) is 59.4 Å². The van der Waals surface area contributed by atoms with Crippen LogP contribution in [0.1, 0.15) is 17.0 Å². The molecular formula is C21H25N3O3S. The molecule has 0 unspecified atom stereocenters. The zero-order chi connectivity index (χ0) is 19.9. The number of ether oxygens (including phenoxy) is 3. The maximum atomic E-state index is 5.91. The molecular weight excluding hydrogens is 374 g/mol. The topological polar surface area (TPSA) is 58.4 Å². The first kappa shape index (κ1) is 20.1. The van der Waals surface area contributed by atoms with E-state index in [-0.39, 0.29) is 0 Å². The van der Waals surface area contributed by atoms with E-state index in [0.717, 1.165) is 39.5 Å². The Labute approximate surface area is 169 Å². The third kappa shape index (κ3) is 5.19. The molecule has 0 aliphatic heterocycles. The second-order valence-corrected chi connectivity index (χ2v) is 7.45. The predicted octanol–water partition coefficient (Wildman–Crippen LogP) is 4.19. The molecule has 1 heterocycles. The van der Waals surface area contributed by atoms with Gasteiger partial charge in [0, 0.05) is 12.8 Å². The molecule has 0 spiro atoms. The van der Waals surface area contributed by atoms with Crippen molar-refractivity contribution < 1.29 is 14.2 Å². The molecule has 0 fully saturated rings. The van der Waals surface area contributed by atoms with Gasteiger partial charge in [0.1, 0.15) is 23.9 Å². The molecule has 0 bridgehead atoms. The van der Waals surface area contributed by atoms with Gasteiger partial charge in [-0.25, -0.2) is 0 Å². The highest BCUT2D eigenvalue weighted by Crippen LogP contribution is 2.22. The summed E-state index contributed by atoms with van der Waals surface area (Å²) in [4.78, 5) is 0. The first-order chi connectivity index (χ1) is 13.6. The van der Waals surface area contributed by atoms with Crippen molar-refractivity contribution in [1.82, 2.24) is 14.8 Å². The highest BCUT2D eigenvalue weighted by atomic mass is 32.2. The zero-order valence-corrected chi connectivity index (χ0v) is 17.5. The maximum absolute atomic E-state index is 5.91. The van der Waals surface area contributed by atoms with Crippen molar-refractivity contribution in [2.24, 2.45) is 7.05 Å². The van der Waals surface area contributed by atoms with Gasteiger partial charge < -0.3 is 18.8 Å². The molecule has 7 heteroatoms. The van der Waals surface area contributed by atoms with Crippen LogP contribution in [0.3, 0.4) is 0 Å². The maximum Gasteiger partial charge on any atom is 0.191 e. The van der Waals surface area contributed by atoms with Crippen molar-refractivity contribution in [1.29, 1.82) is 0 Å². The van der Waals surface area contributed by atoms with E-state index in [1.807, 2.05) is 54.9 Å². The van der Waals surface area contributed by atoms with Crippen molar-refractivity contribution in [3.63, 3.8) is 0 Å². The molecule has 3 aromatic rings. The average molecular weight is 400 g/mol. The molecule has 0 amide bonds. The van der Waals surface area contributed by atoms with Crippen LogP contribution in [0.15, 0.2) is 47.6 Å². The normalized spacial score (nSPS) is 10.7. The van der Waals surface area contributed by atoms with Crippen LogP contribution in [-0.2, 0) is 13.7 Å². The third-order valence-electron chi connectivity index (χ3n) is 4.25. The fourth-order valence-electron chi connectivity index (χ4n) is 2.66. The van der Waals surface area contributed by atoms with E-state index in [9.17, 15) is 0 Å². The molecule has 0 atom stereocenters. The molecule has 0 saturated heterocycles. The molecule has 0 saturated carbocycles. The van der Waals surface area contributed by atoms with Crippen molar-refractivity contribution in [3.8, 4) is 17.2 Å². The molecule has 0 radical (unpaired) electrons. The number of benzene rings is 2. The highest BCUT2D eigenvalue weighted by molar-refractivity contribution is 7.99. The number of thioether (sulfide) groups is 1. The van der Waals surface area contributed by atoms with Gasteiger partial charge >= 0.3 is 0 Å². The number of hydrogen-bond donors (Lipinski definition) is 0. The zero-order valence-electron chi connectivity index (χ0n) is 16.6. The second kappa shape index (κ2) is 9.50. The smallest absolute Gasteiger partial charge is 0.191 e. The summed E-state index contributed by atoms with van der Waals surface area (Å²) in [6.45, 7) is 5.08. The first-order valence-corrected chi connectivity index (χ1v) is 10.0. The lowest BCUT2D eigenvalue weighted by Gasteiger charge is -2.10. The van der Waals surface area contributed by atoms with E-state index in [1.165, 1.54) is 5.56 Å². The van der Waals surface area contributed by atoms with Crippen molar-refractivity contribution in [2.75, 3.05) is 19.5 Å². The van der Waals surface area contributed by atoms with Gasteiger partial charge in [0.15, 0.2) is 11.0 Å². The lowest BCUT2D eigenvalue weighted by atomic mass is 10.1. The minimum absolute atomic E-state index is 0.385. The Kier molecular flexibility index (Phi) is 6.81. The molecule has 6 nitrogen and oxygen atoms in total. The predicted molar refractivity (Wildman–Crippen MR) is 110 cm³/mol. The van der Waals surface area contributed by atoms with Crippen LogP contribution in [0.5, 0.6) is 17.2 Å². The van der Waals surface area contributed by atoms with Gasteiger partial charge in [0.2, 0.25) is 0 Å². The van der Waals surface area contributed by atoms with E-state index in [2.05, 4.69) is 23.2 Å². The largest absolute Gasteiger partial charge is 0.497 e. The minimum Gasteiger partial charge on any atom is -0.497 e. The van der Waals surface area contributed by atoms with Crippen LogP contribution in [0, 0.1) is 13.8 Å². The summed E-state index contributed by atoms with van der Waals surface area (Å²) in [5.74, 6) is 4.07. The van der Waals surface area contributed by atoms with Gasteiger partial charge in [-0.15, -0.1) is 10.2 Å². The van der Waals surface area contributed by atoms with Crippen LogP contribution < -0.4 is 14.2 Å². The third-order valence-corrected chi connectivity index (χ3v) is 5.24. The number of methoxy groups -OCH3 is 1. The van der Waals surface area contributed by atoms with E-state index in [1.54, 1.807) is 18.9 Å². The summed E-state index contributed by atoms with van der Waals surface area (Å²) < 4.78 is 18.8. The molecule has 2 aromatic carbocycles. The van der Waals surface area contributed by atoms with E-state index in [4.69, 9.17) is 14.2 Å². The first-order valence-electron chi connectivity index (χ1n) is 9.05. The lowest BCUT2D eigenvalue weighted by molar-refractivity contribution is 0.288. The number of aromatic nitrogens is 3. The summed E-state index contributed by atoms with van der Waals surface area (Å²) in [7, 11) is 3.60. The monoisotopic (exact) mass is 399 g/mol. The summed E-state index contributed by atoms with van der Waals surface area (Å²) in [6.07, 6.45) is 0.